The molecule has 0 unspecified atom stereocenters. The molecule has 340 valence electrons. The molecule has 3 aliphatic rings. The molecule has 0 amide bonds. The van der Waals surface area contributed by atoms with E-state index in [1.165, 1.54) is 21.9 Å². The highest BCUT2D eigenvalue weighted by Gasteiger charge is 2.37. The van der Waals surface area contributed by atoms with E-state index in [4.69, 9.17) is 15.0 Å². The molecule has 0 aliphatic carbocycles. The molecule has 61 heavy (non-hydrogen) atoms. The molecule has 6 N–H and O–H groups in total. The zero-order valence-electron chi connectivity index (χ0n) is 36.6. The second-order valence-corrected chi connectivity index (χ2v) is 16.6. The molecule has 18 nitrogen and oxygen atoms in total. The number of nitrogens with zero attached hydrogens (tertiary/aromatic N) is 7. The molecule has 0 saturated carbocycles. The van der Waals surface area contributed by atoms with Crippen LogP contribution in [0.2, 0.25) is 0 Å². The Morgan fingerprint density at radius 3 is 1.93 bits per heavy atom. The molecule has 1 aromatic carbocycles. The third-order valence-electron chi connectivity index (χ3n) is 11.7. The van der Waals surface area contributed by atoms with Crippen molar-refractivity contribution in [3.63, 3.8) is 0 Å². The van der Waals surface area contributed by atoms with Crippen molar-refractivity contribution in [2.45, 2.75) is 89.8 Å². The molecule has 5 rings (SSSR count). The lowest BCUT2D eigenvalue weighted by molar-refractivity contribution is -0.148. The second kappa shape index (κ2) is 28.1. The first-order chi connectivity index (χ1) is 29.9. The normalized spacial score (nSPS) is 23.3. The quantitative estimate of drug-likeness (QED) is 0.0558. The highest BCUT2D eigenvalue weighted by molar-refractivity contribution is 5.69. The number of carbonyl (C=O) groups excluding carboxylic acids is 1. The fourth-order valence-electron chi connectivity index (χ4n) is 8.15. The zero-order chi connectivity index (χ0) is 42.9. The number of unbranched alkanes of at least 4 members (excludes halogenated alkanes) is 1. The third-order valence-corrected chi connectivity index (χ3v) is 11.7. The zero-order valence-corrected chi connectivity index (χ0v) is 36.6. The number of nitrogens with one attached hydrogen (secondary N) is 6. The summed E-state index contributed by atoms with van der Waals surface area (Å²) in [7, 11) is 0. The van der Waals surface area contributed by atoms with Crippen molar-refractivity contribution in [1.82, 2.24) is 50.8 Å². The van der Waals surface area contributed by atoms with Crippen LogP contribution in [0.3, 0.4) is 0 Å². The van der Waals surface area contributed by atoms with E-state index in [1.54, 1.807) is 6.92 Å². The minimum Gasteiger partial charge on any atom is -0.463 e. The van der Waals surface area contributed by atoms with Crippen molar-refractivity contribution in [3.8, 4) is 0 Å². The van der Waals surface area contributed by atoms with E-state index in [1.807, 2.05) is 0 Å². The van der Waals surface area contributed by atoms with Crippen molar-refractivity contribution in [2.24, 2.45) is 5.11 Å². The SMILES string of the molecule is Cc1cn([C@H]2C[C@H](N=[N+]=[N-])[C@@H](COC(=O)CCCCN3CCCN(Cc4ccc(CN5CCCNCCNCCCNCC5)cc4)CCNCCCNCC3)O2)c(=O)[nH]c1=O. The topological polar surface area (TPSA) is 209 Å². The molecule has 3 atom stereocenters. The first-order valence-corrected chi connectivity index (χ1v) is 22.8. The highest BCUT2D eigenvalue weighted by Crippen LogP contribution is 2.30. The first-order valence-electron chi connectivity index (χ1n) is 22.8. The predicted molar refractivity (Wildman–Crippen MR) is 239 cm³/mol. The van der Waals surface area contributed by atoms with Gasteiger partial charge in [-0.2, -0.15) is 0 Å². The molecule has 0 bridgehead atoms. The lowest BCUT2D eigenvalue weighted by atomic mass is 10.1. The molecule has 18 heteroatoms. The maximum Gasteiger partial charge on any atom is 0.330 e. The Morgan fingerprint density at radius 1 is 0.754 bits per heavy atom. The maximum absolute atomic E-state index is 12.8. The second-order valence-electron chi connectivity index (χ2n) is 16.6. The fraction of sp³-hybridized carbons (Fsp3) is 0.744. The number of hydrogen-bond acceptors (Lipinski definition) is 14. The van der Waals surface area contributed by atoms with E-state index >= 15 is 0 Å². The summed E-state index contributed by atoms with van der Waals surface area (Å²) in [5, 5.41) is 21.8. The average molecular weight is 852 g/mol. The summed E-state index contributed by atoms with van der Waals surface area (Å²) in [6, 6.07) is 8.67. The van der Waals surface area contributed by atoms with Gasteiger partial charge in [-0.25, -0.2) is 4.79 Å². The fourth-order valence-corrected chi connectivity index (χ4v) is 8.15. The number of hydrogen-bond donors (Lipinski definition) is 6. The molecular weight excluding hydrogens is 779 g/mol. The van der Waals surface area contributed by atoms with E-state index in [0.717, 1.165) is 156 Å². The number of rotatable bonds is 13. The summed E-state index contributed by atoms with van der Waals surface area (Å²) < 4.78 is 12.8. The average Bonchev–Trinajstić information content (AvgIpc) is 3.65. The van der Waals surface area contributed by atoms with Crippen molar-refractivity contribution >= 4 is 5.97 Å². The molecule has 1 aromatic heterocycles. The van der Waals surface area contributed by atoms with Gasteiger partial charge in [0.1, 0.15) is 18.9 Å². The summed E-state index contributed by atoms with van der Waals surface area (Å²) in [4.78, 5) is 49.9. The predicted octanol–water partition coefficient (Wildman–Crippen LogP) is 1.67. The Hall–Kier alpha value is -3.68. The van der Waals surface area contributed by atoms with E-state index in [9.17, 15) is 14.4 Å². The van der Waals surface area contributed by atoms with Crippen LogP contribution >= 0.6 is 0 Å². The van der Waals surface area contributed by atoms with Crippen LogP contribution in [0.15, 0.2) is 45.2 Å². The molecule has 0 radical (unpaired) electrons. The van der Waals surface area contributed by atoms with Crippen LogP contribution in [0.5, 0.6) is 0 Å². The Bertz CT molecular complexity index is 1710. The number of azide groups is 1. The number of H-pyrrole nitrogens is 1. The van der Waals surface area contributed by atoms with Gasteiger partial charge in [-0.05, 0) is 121 Å². The van der Waals surface area contributed by atoms with Gasteiger partial charge in [0.25, 0.3) is 5.56 Å². The summed E-state index contributed by atoms with van der Waals surface area (Å²) in [6.45, 7) is 20.6. The molecule has 0 spiro atoms. The highest BCUT2D eigenvalue weighted by atomic mass is 16.6. The third kappa shape index (κ3) is 18.3. The van der Waals surface area contributed by atoms with Crippen LogP contribution in [-0.4, -0.2) is 160 Å². The molecule has 3 aliphatic heterocycles. The number of carbonyl (C=O) groups is 1. The minimum absolute atomic E-state index is 0.0861. The van der Waals surface area contributed by atoms with Crippen LogP contribution in [0.25, 0.3) is 10.4 Å². The summed E-state index contributed by atoms with van der Waals surface area (Å²) in [5.41, 5.74) is 11.1. The molecule has 4 heterocycles. The number of aryl methyl sites for hydroxylation is 1. The van der Waals surface area contributed by atoms with Gasteiger partial charge in [-0.3, -0.25) is 28.9 Å². The van der Waals surface area contributed by atoms with Crippen molar-refractivity contribution < 1.29 is 14.3 Å². The van der Waals surface area contributed by atoms with Gasteiger partial charge in [0.05, 0.1) is 6.04 Å². The number of esters is 1. The Morgan fingerprint density at radius 2 is 1.31 bits per heavy atom. The molecular formula is C43H73N13O5. The summed E-state index contributed by atoms with van der Waals surface area (Å²) in [6.07, 6.45) is 6.50. The Kier molecular flexibility index (Phi) is 22.3. The van der Waals surface area contributed by atoms with Crippen molar-refractivity contribution in [3.05, 3.63) is 78.4 Å². The Balaban J connectivity index is 1.04. The van der Waals surface area contributed by atoms with Gasteiger partial charge in [0.2, 0.25) is 0 Å². The smallest absolute Gasteiger partial charge is 0.330 e. The monoisotopic (exact) mass is 852 g/mol. The molecule has 2 aromatic rings. The summed E-state index contributed by atoms with van der Waals surface area (Å²) >= 11 is 0. The van der Waals surface area contributed by atoms with Crippen molar-refractivity contribution in [2.75, 3.05) is 118 Å². The van der Waals surface area contributed by atoms with Crippen LogP contribution in [-0.2, 0) is 27.4 Å². The van der Waals surface area contributed by atoms with Gasteiger partial charge < -0.3 is 41.0 Å². The van der Waals surface area contributed by atoms with Gasteiger partial charge >= 0.3 is 11.7 Å². The lowest BCUT2D eigenvalue weighted by Gasteiger charge is -2.27. The van der Waals surface area contributed by atoms with Gasteiger partial charge in [0.15, 0.2) is 0 Å². The van der Waals surface area contributed by atoms with E-state index in [2.05, 4.69) is 80.6 Å². The minimum atomic E-state index is -0.751. The van der Waals surface area contributed by atoms with Crippen LogP contribution in [0.1, 0.15) is 74.3 Å². The van der Waals surface area contributed by atoms with E-state index in [-0.39, 0.29) is 25.4 Å². The number of aromatic nitrogens is 2. The maximum atomic E-state index is 12.8. The van der Waals surface area contributed by atoms with Crippen molar-refractivity contribution in [1.29, 1.82) is 0 Å². The lowest BCUT2D eigenvalue weighted by Crippen LogP contribution is -2.38. The largest absolute Gasteiger partial charge is 0.463 e. The first kappa shape index (κ1) is 48.4. The van der Waals surface area contributed by atoms with Gasteiger partial charge in [0, 0.05) is 95.0 Å². The molecule has 3 fully saturated rings. The summed E-state index contributed by atoms with van der Waals surface area (Å²) in [5.74, 6) is -0.337. The molecule has 3 saturated heterocycles. The van der Waals surface area contributed by atoms with E-state index < -0.39 is 29.6 Å². The Labute approximate surface area is 361 Å². The van der Waals surface area contributed by atoms with Crippen LogP contribution < -0.4 is 37.8 Å². The van der Waals surface area contributed by atoms with Crippen LogP contribution in [0, 0.1) is 6.92 Å². The standard InChI is InChI=1S/C43H73N13O5/c1-35-31-56(43(59)50-42(35)58)40-30-38(51-52-44)39(61-40)34-60-41(57)8-2-3-23-53-25-7-26-55(29-22-49-16-5-15-47-20-27-53)33-37-11-9-36(10-12-37)32-54-24-6-17-46-19-18-45-13-4-14-48-21-28-54/h9-12,31,38-40,45-49H,2-8,13-30,32-34H2,1H3,(H,50,58,59)/t38-,39+,40+/m0/s1. The van der Waals surface area contributed by atoms with Gasteiger partial charge in [-0.1, -0.05) is 29.4 Å². The number of benzene rings is 1. The van der Waals surface area contributed by atoms with Gasteiger partial charge in [-0.15, -0.1) is 0 Å². The van der Waals surface area contributed by atoms with Crippen LogP contribution in [0.4, 0.5) is 0 Å². The number of aromatic amines is 1. The van der Waals surface area contributed by atoms with E-state index in [0.29, 0.717) is 12.0 Å². The number of ether oxygens (including phenoxy) is 2.